The van der Waals surface area contributed by atoms with E-state index in [-0.39, 0.29) is 5.92 Å². The first-order chi connectivity index (χ1) is 8.66. The van der Waals surface area contributed by atoms with Gasteiger partial charge in [-0.3, -0.25) is 0 Å². The lowest BCUT2D eigenvalue weighted by atomic mass is 10.2. The van der Waals surface area contributed by atoms with E-state index in [1.165, 1.54) is 0 Å². The molecule has 0 aliphatic heterocycles. The molecule has 1 heterocycles. The predicted molar refractivity (Wildman–Crippen MR) is 62.9 cm³/mol. The highest BCUT2D eigenvalue weighted by atomic mass is 16.4. The number of nitrogens with zero attached hydrogens (tertiary/aromatic N) is 2. The fourth-order valence-electron chi connectivity index (χ4n) is 1.72. The number of aliphatic carboxylic acids is 1. The van der Waals surface area contributed by atoms with Crippen LogP contribution in [0.3, 0.4) is 0 Å². The average molecular weight is 252 g/mol. The number of carboxylic acids is 1. The number of nitrogens with one attached hydrogen (secondary N) is 2. The molecule has 0 radical (unpaired) electrons. The van der Waals surface area contributed by atoms with Crippen molar-refractivity contribution in [1.29, 1.82) is 0 Å². The van der Waals surface area contributed by atoms with Gasteiger partial charge in [0.05, 0.1) is 6.33 Å². The summed E-state index contributed by atoms with van der Waals surface area (Å²) in [5.41, 5.74) is 0. The highest BCUT2D eigenvalue weighted by Crippen LogP contribution is 2.32. The van der Waals surface area contributed by atoms with Gasteiger partial charge < -0.3 is 20.3 Å². The van der Waals surface area contributed by atoms with E-state index in [9.17, 15) is 9.59 Å². The normalized spacial score (nSPS) is 16.0. The summed E-state index contributed by atoms with van der Waals surface area (Å²) in [4.78, 5) is 26.3. The van der Waals surface area contributed by atoms with Gasteiger partial charge in [-0.2, -0.15) is 0 Å². The van der Waals surface area contributed by atoms with E-state index in [0.29, 0.717) is 13.1 Å². The molecule has 2 rings (SSSR count). The number of carbonyl (C=O) groups is 2. The van der Waals surface area contributed by atoms with Crippen molar-refractivity contribution < 1.29 is 14.7 Å². The first-order valence-electron chi connectivity index (χ1n) is 5.89. The minimum Gasteiger partial charge on any atom is -0.480 e. The van der Waals surface area contributed by atoms with Crippen LogP contribution in [0.2, 0.25) is 0 Å². The molecule has 0 spiro atoms. The zero-order valence-corrected chi connectivity index (χ0v) is 9.87. The van der Waals surface area contributed by atoms with Crippen LogP contribution in [0, 0.1) is 5.92 Å². The number of urea groups is 1. The molecule has 1 aliphatic carbocycles. The molecule has 1 aromatic rings. The number of carbonyl (C=O) groups excluding carboxylic acids is 1. The van der Waals surface area contributed by atoms with Gasteiger partial charge in [-0.25, -0.2) is 14.6 Å². The Bertz CT molecular complexity index is 414. The maximum atomic E-state index is 11.5. The van der Waals surface area contributed by atoms with Gasteiger partial charge in [0.1, 0.15) is 6.04 Å². The summed E-state index contributed by atoms with van der Waals surface area (Å²) < 4.78 is 1.83. The minimum atomic E-state index is -0.970. The smallest absolute Gasteiger partial charge is 0.326 e. The number of aromatic nitrogens is 2. The quantitative estimate of drug-likeness (QED) is 0.666. The van der Waals surface area contributed by atoms with E-state index in [0.717, 1.165) is 12.8 Å². The van der Waals surface area contributed by atoms with Gasteiger partial charge >= 0.3 is 12.0 Å². The number of hydrogen-bond donors (Lipinski definition) is 3. The Morgan fingerprint density at radius 3 is 2.83 bits per heavy atom. The zero-order chi connectivity index (χ0) is 13.0. The van der Waals surface area contributed by atoms with Crippen molar-refractivity contribution in [2.75, 3.05) is 6.54 Å². The van der Waals surface area contributed by atoms with Gasteiger partial charge in [-0.1, -0.05) is 0 Å². The van der Waals surface area contributed by atoms with Gasteiger partial charge in [0, 0.05) is 25.5 Å². The van der Waals surface area contributed by atoms with Crippen LogP contribution in [-0.2, 0) is 11.3 Å². The highest BCUT2D eigenvalue weighted by molar-refractivity contribution is 5.83. The largest absolute Gasteiger partial charge is 0.480 e. The molecule has 1 aromatic heterocycles. The van der Waals surface area contributed by atoms with Crippen LogP contribution in [0.25, 0.3) is 0 Å². The molecular formula is C11H16N4O3. The Kier molecular flexibility index (Phi) is 3.81. The van der Waals surface area contributed by atoms with Crippen LogP contribution in [0.5, 0.6) is 0 Å². The third kappa shape index (κ3) is 3.47. The number of imidazole rings is 1. The van der Waals surface area contributed by atoms with Crippen LogP contribution < -0.4 is 10.6 Å². The monoisotopic (exact) mass is 252 g/mol. The fraction of sp³-hybridized carbons (Fsp3) is 0.545. The summed E-state index contributed by atoms with van der Waals surface area (Å²) in [5, 5.41) is 14.1. The van der Waals surface area contributed by atoms with Crippen LogP contribution in [0.4, 0.5) is 4.79 Å². The second-order valence-corrected chi connectivity index (χ2v) is 4.35. The topological polar surface area (TPSA) is 96.3 Å². The van der Waals surface area contributed by atoms with E-state index in [4.69, 9.17) is 5.11 Å². The number of carboxylic acid groups (broad SMARTS) is 1. The number of amides is 2. The molecule has 7 heteroatoms. The Morgan fingerprint density at radius 2 is 2.28 bits per heavy atom. The molecule has 1 unspecified atom stereocenters. The van der Waals surface area contributed by atoms with Crippen molar-refractivity contribution in [1.82, 2.24) is 20.2 Å². The summed E-state index contributed by atoms with van der Waals surface area (Å²) in [6.07, 6.45) is 6.85. The summed E-state index contributed by atoms with van der Waals surface area (Å²) in [5.74, 6) is -0.885. The Balaban J connectivity index is 1.69. The van der Waals surface area contributed by atoms with E-state index in [1.54, 1.807) is 18.7 Å². The Morgan fingerprint density at radius 1 is 1.50 bits per heavy atom. The molecule has 7 nitrogen and oxygen atoms in total. The third-order valence-electron chi connectivity index (χ3n) is 2.86. The summed E-state index contributed by atoms with van der Waals surface area (Å²) in [6, 6.07) is -1.20. The molecule has 1 saturated carbocycles. The molecule has 18 heavy (non-hydrogen) atoms. The molecule has 1 atom stereocenters. The summed E-state index contributed by atoms with van der Waals surface area (Å²) >= 11 is 0. The van der Waals surface area contributed by atoms with E-state index >= 15 is 0 Å². The van der Waals surface area contributed by atoms with Crippen molar-refractivity contribution in [3.63, 3.8) is 0 Å². The van der Waals surface area contributed by atoms with E-state index in [1.807, 2.05) is 4.57 Å². The van der Waals surface area contributed by atoms with Crippen molar-refractivity contribution in [2.24, 2.45) is 5.92 Å². The van der Waals surface area contributed by atoms with Gasteiger partial charge in [0.25, 0.3) is 0 Å². The molecule has 0 saturated heterocycles. The SMILES string of the molecule is O=C(NCCn1ccnc1)NC(C(=O)O)C1CC1. The summed E-state index contributed by atoms with van der Waals surface area (Å²) in [7, 11) is 0. The molecule has 3 N–H and O–H groups in total. The first kappa shape index (κ1) is 12.4. The number of hydrogen-bond acceptors (Lipinski definition) is 3. The van der Waals surface area contributed by atoms with Crippen molar-refractivity contribution in [3.8, 4) is 0 Å². The maximum absolute atomic E-state index is 11.5. The van der Waals surface area contributed by atoms with E-state index < -0.39 is 18.0 Å². The fourth-order valence-corrected chi connectivity index (χ4v) is 1.72. The number of rotatable bonds is 6. The standard InChI is InChI=1S/C11H16N4O3/c16-10(17)9(8-1-2-8)14-11(18)13-4-6-15-5-3-12-7-15/h3,5,7-9H,1-2,4,6H2,(H,16,17)(H2,13,14,18). The van der Waals surface area contributed by atoms with Crippen LogP contribution in [0.1, 0.15) is 12.8 Å². The van der Waals surface area contributed by atoms with Crippen LogP contribution in [-0.4, -0.2) is 39.2 Å². The molecule has 98 valence electrons. The molecule has 0 aromatic carbocycles. The van der Waals surface area contributed by atoms with Crippen molar-refractivity contribution in [3.05, 3.63) is 18.7 Å². The Hall–Kier alpha value is -2.05. The minimum absolute atomic E-state index is 0.0851. The van der Waals surface area contributed by atoms with Gasteiger partial charge in [-0.15, -0.1) is 0 Å². The summed E-state index contributed by atoms with van der Waals surface area (Å²) in [6.45, 7) is 1.04. The lowest BCUT2D eigenvalue weighted by Crippen LogP contribution is -2.47. The van der Waals surface area contributed by atoms with Gasteiger partial charge in [0.2, 0.25) is 0 Å². The third-order valence-corrected chi connectivity index (χ3v) is 2.86. The average Bonchev–Trinajstić information content (AvgIpc) is 3.03. The first-order valence-corrected chi connectivity index (χ1v) is 5.89. The van der Waals surface area contributed by atoms with Crippen molar-refractivity contribution in [2.45, 2.75) is 25.4 Å². The maximum Gasteiger partial charge on any atom is 0.326 e. The second-order valence-electron chi connectivity index (χ2n) is 4.35. The van der Waals surface area contributed by atoms with Crippen LogP contribution in [0.15, 0.2) is 18.7 Å². The highest BCUT2D eigenvalue weighted by Gasteiger charge is 2.37. The molecular weight excluding hydrogens is 236 g/mol. The molecule has 1 fully saturated rings. The Labute approximate surface area is 104 Å². The molecule has 1 aliphatic rings. The lowest BCUT2D eigenvalue weighted by molar-refractivity contribution is -0.139. The zero-order valence-electron chi connectivity index (χ0n) is 9.87. The van der Waals surface area contributed by atoms with Crippen LogP contribution >= 0.6 is 0 Å². The molecule has 2 amide bonds. The molecule has 0 bridgehead atoms. The lowest BCUT2D eigenvalue weighted by Gasteiger charge is -2.14. The van der Waals surface area contributed by atoms with Crippen molar-refractivity contribution >= 4 is 12.0 Å². The second kappa shape index (κ2) is 5.52. The predicted octanol–water partition coefficient (Wildman–Crippen LogP) is 0.0455. The van der Waals surface area contributed by atoms with Gasteiger partial charge in [-0.05, 0) is 18.8 Å². The van der Waals surface area contributed by atoms with E-state index in [2.05, 4.69) is 15.6 Å². The van der Waals surface area contributed by atoms with Gasteiger partial charge in [0.15, 0.2) is 0 Å².